The number of nitrogens with two attached hydrogens (primary N) is 1. The number of hydrogen-bond donors (Lipinski definition) is 2. The van der Waals surface area contributed by atoms with Crippen LogP contribution in [-0.4, -0.2) is 21.7 Å². The number of benzene rings is 1. The lowest BCUT2D eigenvalue weighted by Gasteiger charge is -2.26. The standard InChI is InChI=1S/C15H20N4O/c1-15(2,3)13(16)14(20)18-11-7-4-5-8-12(11)19-10-6-9-17-19/h4-10,13H,16H2,1-3H3,(H,18,20)/t13-/m1/s1. The first-order chi connectivity index (χ1) is 9.39. The van der Waals surface area contributed by atoms with Crippen molar-refractivity contribution < 1.29 is 4.79 Å². The van der Waals surface area contributed by atoms with Gasteiger partial charge in [0.15, 0.2) is 0 Å². The number of carbonyl (C=O) groups is 1. The zero-order chi connectivity index (χ0) is 14.8. The zero-order valence-corrected chi connectivity index (χ0v) is 12.0. The van der Waals surface area contributed by atoms with E-state index in [2.05, 4.69) is 10.4 Å². The Morgan fingerprint density at radius 1 is 1.30 bits per heavy atom. The van der Waals surface area contributed by atoms with Gasteiger partial charge in [-0.2, -0.15) is 5.10 Å². The normalized spacial score (nSPS) is 13.0. The van der Waals surface area contributed by atoms with E-state index in [1.165, 1.54) is 0 Å². The molecule has 0 fully saturated rings. The van der Waals surface area contributed by atoms with Crippen LogP contribution < -0.4 is 11.1 Å². The highest BCUT2D eigenvalue weighted by Gasteiger charge is 2.27. The van der Waals surface area contributed by atoms with Gasteiger partial charge in [-0.3, -0.25) is 4.79 Å². The topological polar surface area (TPSA) is 72.9 Å². The predicted molar refractivity (Wildman–Crippen MR) is 79.6 cm³/mol. The van der Waals surface area contributed by atoms with E-state index >= 15 is 0 Å². The molecule has 0 aliphatic heterocycles. The second kappa shape index (κ2) is 5.46. The van der Waals surface area contributed by atoms with Crippen LogP contribution in [0.3, 0.4) is 0 Å². The molecule has 1 aromatic carbocycles. The van der Waals surface area contributed by atoms with E-state index in [1.807, 2.05) is 57.3 Å². The summed E-state index contributed by atoms with van der Waals surface area (Å²) in [4.78, 5) is 12.2. The van der Waals surface area contributed by atoms with Crippen molar-refractivity contribution in [3.8, 4) is 5.69 Å². The molecule has 2 rings (SSSR count). The Kier molecular flexibility index (Phi) is 3.90. The van der Waals surface area contributed by atoms with Crippen LogP contribution in [0.5, 0.6) is 0 Å². The molecule has 0 saturated heterocycles. The number of nitrogens with zero attached hydrogens (tertiary/aromatic N) is 2. The highest BCUT2D eigenvalue weighted by molar-refractivity contribution is 5.96. The predicted octanol–water partition coefficient (Wildman–Crippen LogP) is 2.18. The molecule has 0 aliphatic carbocycles. The molecular formula is C15H20N4O. The molecule has 5 heteroatoms. The quantitative estimate of drug-likeness (QED) is 0.899. The van der Waals surface area contributed by atoms with E-state index in [1.54, 1.807) is 10.9 Å². The van der Waals surface area contributed by atoms with Crippen LogP contribution in [0.25, 0.3) is 5.69 Å². The van der Waals surface area contributed by atoms with E-state index in [-0.39, 0.29) is 11.3 Å². The zero-order valence-electron chi connectivity index (χ0n) is 12.0. The molecular weight excluding hydrogens is 252 g/mol. The van der Waals surface area contributed by atoms with Gasteiger partial charge in [-0.05, 0) is 23.6 Å². The van der Waals surface area contributed by atoms with Crippen LogP contribution in [-0.2, 0) is 4.79 Å². The average Bonchev–Trinajstić information content (AvgIpc) is 2.91. The average molecular weight is 272 g/mol. The lowest BCUT2D eigenvalue weighted by Crippen LogP contribution is -2.45. The molecule has 2 aromatic rings. The summed E-state index contributed by atoms with van der Waals surface area (Å²) in [6, 6.07) is 8.75. The second-order valence-electron chi connectivity index (χ2n) is 5.80. The number of hydrogen-bond acceptors (Lipinski definition) is 3. The van der Waals surface area contributed by atoms with Crippen LogP contribution >= 0.6 is 0 Å². The summed E-state index contributed by atoms with van der Waals surface area (Å²) < 4.78 is 1.71. The number of anilines is 1. The molecule has 0 radical (unpaired) electrons. The summed E-state index contributed by atoms with van der Waals surface area (Å²) >= 11 is 0. The fourth-order valence-corrected chi connectivity index (χ4v) is 1.79. The van der Waals surface area contributed by atoms with Crippen molar-refractivity contribution in [2.75, 3.05) is 5.32 Å². The highest BCUT2D eigenvalue weighted by Crippen LogP contribution is 2.22. The van der Waals surface area contributed by atoms with E-state index in [0.29, 0.717) is 5.69 Å². The molecule has 0 unspecified atom stereocenters. The van der Waals surface area contributed by atoms with Gasteiger partial charge >= 0.3 is 0 Å². The Bertz CT molecular complexity index is 584. The monoisotopic (exact) mass is 272 g/mol. The molecule has 0 aliphatic rings. The van der Waals surface area contributed by atoms with E-state index < -0.39 is 6.04 Å². The van der Waals surface area contributed by atoms with Crippen molar-refractivity contribution in [3.05, 3.63) is 42.7 Å². The maximum atomic E-state index is 12.2. The molecule has 1 amide bonds. The number of nitrogens with one attached hydrogen (secondary N) is 1. The summed E-state index contributed by atoms with van der Waals surface area (Å²) in [6.07, 6.45) is 3.52. The Hall–Kier alpha value is -2.14. The first-order valence-electron chi connectivity index (χ1n) is 6.55. The van der Waals surface area contributed by atoms with Crippen molar-refractivity contribution in [3.63, 3.8) is 0 Å². The van der Waals surface area contributed by atoms with Crippen LogP contribution in [0, 0.1) is 5.41 Å². The van der Waals surface area contributed by atoms with E-state index in [4.69, 9.17) is 5.73 Å². The molecule has 1 heterocycles. The molecule has 0 spiro atoms. The van der Waals surface area contributed by atoms with Gasteiger partial charge in [-0.25, -0.2) is 4.68 Å². The first-order valence-corrected chi connectivity index (χ1v) is 6.55. The van der Waals surface area contributed by atoms with Gasteiger partial charge in [-0.1, -0.05) is 32.9 Å². The number of rotatable bonds is 3. The van der Waals surface area contributed by atoms with Gasteiger partial charge in [0, 0.05) is 12.4 Å². The molecule has 5 nitrogen and oxygen atoms in total. The molecule has 106 valence electrons. The van der Waals surface area contributed by atoms with Crippen LogP contribution in [0.2, 0.25) is 0 Å². The number of amides is 1. The minimum Gasteiger partial charge on any atom is -0.323 e. The summed E-state index contributed by atoms with van der Waals surface area (Å²) in [5.41, 5.74) is 7.20. The van der Waals surface area contributed by atoms with Crippen molar-refractivity contribution in [2.45, 2.75) is 26.8 Å². The largest absolute Gasteiger partial charge is 0.323 e. The Morgan fingerprint density at radius 2 is 2.00 bits per heavy atom. The summed E-state index contributed by atoms with van der Waals surface area (Å²) in [5.74, 6) is -0.197. The van der Waals surface area contributed by atoms with Gasteiger partial charge in [-0.15, -0.1) is 0 Å². The summed E-state index contributed by atoms with van der Waals surface area (Å²) in [6.45, 7) is 5.82. The number of carbonyl (C=O) groups excluding carboxylic acids is 1. The van der Waals surface area contributed by atoms with Crippen molar-refractivity contribution in [1.82, 2.24) is 9.78 Å². The Balaban J connectivity index is 2.25. The number of para-hydroxylation sites is 2. The first kappa shape index (κ1) is 14.3. The van der Waals surface area contributed by atoms with E-state index in [9.17, 15) is 4.79 Å². The van der Waals surface area contributed by atoms with Gasteiger partial charge < -0.3 is 11.1 Å². The van der Waals surface area contributed by atoms with Crippen LogP contribution in [0.15, 0.2) is 42.7 Å². The summed E-state index contributed by atoms with van der Waals surface area (Å²) in [5, 5.41) is 7.06. The maximum absolute atomic E-state index is 12.2. The van der Waals surface area contributed by atoms with Gasteiger partial charge in [0.25, 0.3) is 0 Å². The smallest absolute Gasteiger partial charge is 0.241 e. The fourth-order valence-electron chi connectivity index (χ4n) is 1.79. The summed E-state index contributed by atoms with van der Waals surface area (Å²) in [7, 11) is 0. The number of aromatic nitrogens is 2. The Labute approximate surface area is 118 Å². The fraction of sp³-hybridized carbons (Fsp3) is 0.333. The van der Waals surface area contributed by atoms with Crippen LogP contribution in [0.1, 0.15) is 20.8 Å². The molecule has 20 heavy (non-hydrogen) atoms. The second-order valence-corrected chi connectivity index (χ2v) is 5.80. The minimum atomic E-state index is -0.576. The SMILES string of the molecule is CC(C)(C)[C@H](N)C(=O)Nc1ccccc1-n1cccn1. The minimum absolute atomic E-state index is 0.197. The molecule has 0 saturated carbocycles. The molecule has 1 atom stereocenters. The third-order valence-corrected chi connectivity index (χ3v) is 3.13. The Morgan fingerprint density at radius 3 is 2.60 bits per heavy atom. The van der Waals surface area contributed by atoms with E-state index in [0.717, 1.165) is 5.69 Å². The van der Waals surface area contributed by atoms with Crippen molar-refractivity contribution in [1.29, 1.82) is 0 Å². The van der Waals surface area contributed by atoms with Gasteiger partial charge in [0.2, 0.25) is 5.91 Å². The van der Waals surface area contributed by atoms with Crippen molar-refractivity contribution >= 4 is 11.6 Å². The third kappa shape index (κ3) is 3.05. The van der Waals surface area contributed by atoms with Gasteiger partial charge in [0.1, 0.15) is 0 Å². The molecule has 0 bridgehead atoms. The third-order valence-electron chi connectivity index (χ3n) is 3.13. The maximum Gasteiger partial charge on any atom is 0.241 e. The highest BCUT2D eigenvalue weighted by atomic mass is 16.2. The molecule has 3 N–H and O–H groups in total. The van der Waals surface area contributed by atoms with Crippen LogP contribution in [0.4, 0.5) is 5.69 Å². The lowest BCUT2D eigenvalue weighted by molar-refractivity contribution is -0.119. The van der Waals surface area contributed by atoms with Crippen molar-refractivity contribution in [2.24, 2.45) is 11.1 Å². The lowest BCUT2D eigenvalue weighted by atomic mass is 9.87. The molecule has 1 aromatic heterocycles. The van der Waals surface area contributed by atoms with Gasteiger partial charge in [0.05, 0.1) is 17.4 Å².